The van der Waals surface area contributed by atoms with E-state index in [9.17, 15) is 4.79 Å². The zero-order valence-electron chi connectivity index (χ0n) is 13.8. The molecular formula is C20H20ClN3O. The fourth-order valence-corrected chi connectivity index (χ4v) is 2.37. The molecule has 4 nitrogen and oxygen atoms in total. The first-order chi connectivity index (χ1) is 12.2. The number of nitriles is 1. The number of amides is 1. The molecule has 0 unspecified atom stereocenters. The fourth-order valence-electron chi connectivity index (χ4n) is 2.24. The van der Waals surface area contributed by atoms with Crippen molar-refractivity contribution in [3.63, 3.8) is 0 Å². The van der Waals surface area contributed by atoms with Crippen molar-refractivity contribution >= 4 is 17.5 Å². The molecule has 0 aromatic heterocycles. The standard InChI is InChI=1S/C20H20ClN3O/c21-19-10-8-17(9-11-19)14-24-20(25)18(13-22)15-23-12-4-7-16-5-2-1-3-6-16/h1-3,5-6,8-11,15,23H,4,7,12,14H2,(H,24,25)/b18-15-. The maximum atomic E-state index is 12.0. The van der Waals surface area contributed by atoms with E-state index in [-0.39, 0.29) is 5.57 Å². The average molecular weight is 354 g/mol. The minimum atomic E-state index is -0.395. The van der Waals surface area contributed by atoms with Crippen molar-refractivity contribution in [2.45, 2.75) is 19.4 Å². The molecule has 0 heterocycles. The van der Waals surface area contributed by atoms with E-state index in [1.54, 1.807) is 12.1 Å². The molecule has 25 heavy (non-hydrogen) atoms. The van der Waals surface area contributed by atoms with Gasteiger partial charge in [-0.3, -0.25) is 4.79 Å². The van der Waals surface area contributed by atoms with Crippen LogP contribution in [0.2, 0.25) is 5.02 Å². The van der Waals surface area contributed by atoms with E-state index < -0.39 is 5.91 Å². The van der Waals surface area contributed by atoms with Crippen molar-refractivity contribution in [2.75, 3.05) is 6.54 Å². The lowest BCUT2D eigenvalue weighted by Gasteiger charge is -2.06. The molecule has 0 aliphatic heterocycles. The molecule has 5 heteroatoms. The molecule has 128 valence electrons. The van der Waals surface area contributed by atoms with Crippen LogP contribution in [0.15, 0.2) is 66.4 Å². The topological polar surface area (TPSA) is 64.9 Å². The summed E-state index contributed by atoms with van der Waals surface area (Å²) in [6, 6.07) is 19.3. The summed E-state index contributed by atoms with van der Waals surface area (Å²) >= 11 is 5.82. The molecule has 0 fully saturated rings. The first-order valence-electron chi connectivity index (χ1n) is 8.09. The van der Waals surface area contributed by atoms with Crippen LogP contribution >= 0.6 is 11.6 Å². The summed E-state index contributed by atoms with van der Waals surface area (Å²) in [5, 5.41) is 15.5. The number of rotatable bonds is 8. The van der Waals surface area contributed by atoms with Gasteiger partial charge >= 0.3 is 0 Å². The van der Waals surface area contributed by atoms with E-state index in [0.717, 1.165) is 18.4 Å². The SMILES string of the molecule is N#C/C(=C/NCCCc1ccccc1)C(=O)NCc1ccc(Cl)cc1. The summed E-state index contributed by atoms with van der Waals surface area (Å²) in [5.41, 5.74) is 2.26. The molecular weight excluding hydrogens is 334 g/mol. The van der Waals surface area contributed by atoms with Crippen LogP contribution in [-0.2, 0) is 17.8 Å². The molecule has 2 aromatic rings. The molecule has 0 spiro atoms. The maximum Gasteiger partial charge on any atom is 0.263 e. The molecule has 0 aliphatic rings. The van der Waals surface area contributed by atoms with Gasteiger partial charge in [-0.05, 0) is 36.1 Å². The highest BCUT2D eigenvalue weighted by Crippen LogP contribution is 2.09. The van der Waals surface area contributed by atoms with Gasteiger partial charge in [0, 0.05) is 24.3 Å². The highest BCUT2D eigenvalue weighted by Gasteiger charge is 2.08. The third kappa shape index (κ3) is 6.70. The van der Waals surface area contributed by atoms with Gasteiger partial charge in [-0.2, -0.15) is 5.26 Å². The lowest BCUT2D eigenvalue weighted by Crippen LogP contribution is -2.25. The summed E-state index contributed by atoms with van der Waals surface area (Å²) in [6.45, 7) is 1.05. The van der Waals surface area contributed by atoms with Crippen LogP contribution in [-0.4, -0.2) is 12.5 Å². The Balaban J connectivity index is 1.74. The van der Waals surface area contributed by atoms with Gasteiger partial charge in [-0.15, -0.1) is 0 Å². The van der Waals surface area contributed by atoms with Gasteiger partial charge in [0.05, 0.1) is 0 Å². The van der Waals surface area contributed by atoms with Crippen molar-refractivity contribution < 1.29 is 4.79 Å². The molecule has 0 atom stereocenters. The Morgan fingerprint density at radius 1 is 1.08 bits per heavy atom. The number of nitrogens with one attached hydrogen (secondary N) is 2. The van der Waals surface area contributed by atoms with Gasteiger partial charge in [0.25, 0.3) is 5.91 Å². The normalized spacial score (nSPS) is 10.8. The van der Waals surface area contributed by atoms with E-state index in [1.165, 1.54) is 11.8 Å². The maximum absolute atomic E-state index is 12.0. The van der Waals surface area contributed by atoms with E-state index >= 15 is 0 Å². The minimum Gasteiger partial charge on any atom is -0.390 e. The Hall–Kier alpha value is -2.77. The third-order valence-corrected chi connectivity index (χ3v) is 3.86. The predicted octanol–water partition coefficient (Wildman–Crippen LogP) is 3.59. The lowest BCUT2D eigenvalue weighted by molar-refractivity contribution is -0.117. The van der Waals surface area contributed by atoms with Gasteiger partial charge in [0.1, 0.15) is 11.6 Å². The van der Waals surface area contributed by atoms with Crippen LogP contribution in [0, 0.1) is 11.3 Å². The molecule has 1 amide bonds. The Morgan fingerprint density at radius 2 is 1.80 bits per heavy atom. The van der Waals surface area contributed by atoms with Crippen molar-refractivity contribution in [3.05, 3.63) is 82.5 Å². The molecule has 2 N–H and O–H groups in total. The summed E-state index contributed by atoms with van der Waals surface area (Å²) in [6.07, 6.45) is 3.35. The molecule has 0 bridgehead atoms. The van der Waals surface area contributed by atoms with Crippen molar-refractivity contribution in [1.29, 1.82) is 5.26 Å². The lowest BCUT2D eigenvalue weighted by atomic mass is 10.1. The van der Waals surface area contributed by atoms with Crippen LogP contribution in [0.25, 0.3) is 0 Å². The van der Waals surface area contributed by atoms with Crippen LogP contribution < -0.4 is 10.6 Å². The molecule has 0 saturated heterocycles. The fraction of sp³-hybridized carbons (Fsp3) is 0.200. The smallest absolute Gasteiger partial charge is 0.263 e. The highest BCUT2D eigenvalue weighted by atomic mass is 35.5. The second kappa shape index (κ2) is 10.2. The number of halogens is 1. The van der Waals surface area contributed by atoms with Crippen LogP contribution in [0.1, 0.15) is 17.5 Å². The molecule has 2 aromatic carbocycles. The second-order valence-electron chi connectivity index (χ2n) is 5.52. The Kier molecular flexibility index (Phi) is 7.55. The largest absolute Gasteiger partial charge is 0.390 e. The van der Waals surface area contributed by atoms with E-state index in [4.69, 9.17) is 16.9 Å². The predicted molar refractivity (Wildman–Crippen MR) is 99.8 cm³/mol. The number of carbonyl (C=O) groups excluding carboxylic acids is 1. The summed E-state index contributed by atoms with van der Waals surface area (Å²) in [5.74, 6) is -0.395. The first kappa shape index (κ1) is 18.6. The Bertz CT molecular complexity index is 749. The number of carbonyl (C=O) groups is 1. The van der Waals surface area contributed by atoms with Gasteiger partial charge in [-0.1, -0.05) is 54.1 Å². The number of hydrogen-bond acceptors (Lipinski definition) is 3. The van der Waals surface area contributed by atoms with E-state index in [2.05, 4.69) is 22.8 Å². The zero-order chi connectivity index (χ0) is 17.9. The van der Waals surface area contributed by atoms with E-state index in [0.29, 0.717) is 18.1 Å². The molecule has 2 rings (SSSR count). The van der Waals surface area contributed by atoms with Crippen LogP contribution in [0.5, 0.6) is 0 Å². The van der Waals surface area contributed by atoms with E-state index in [1.807, 2.05) is 36.4 Å². The van der Waals surface area contributed by atoms with Gasteiger partial charge in [-0.25, -0.2) is 0 Å². The molecule has 0 aliphatic carbocycles. The van der Waals surface area contributed by atoms with Crippen molar-refractivity contribution in [3.8, 4) is 6.07 Å². The molecule has 0 saturated carbocycles. The quantitative estimate of drug-likeness (QED) is 0.433. The number of aryl methyl sites for hydroxylation is 1. The molecule has 0 radical (unpaired) electrons. The third-order valence-electron chi connectivity index (χ3n) is 3.61. The zero-order valence-corrected chi connectivity index (χ0v) is 14.6. The second-order valence-corrected chi connectivity index (χ2v) is 5.96. The van der Waals surface area contributed by atoms with Gasteiger partial charge in [0.15, 0.2) is 0 Å². The summed E-state index contributed by atoms with van der Waals surface area (Å²) < 4.78 is 0. The Morgan fingerprint density at radius 3 is 2.48 bits per heavy atom. The van der Waals surface area contributed by atoms with Crippen molar-refractivity contribution in [1.82, 2.24) is 10.6 Å². The monoisotopic (exact) mass is 353 g/mol. The van der Waals surface area contributed by atoms with Crippen LogP contribution in [0.3, 0.4) is 0 Å². The minimum absolute atomic E-state index is 0.0636. The van der Waals surface area contributed by atoms with Crippen LogP contribution in [0.4, 0.5) is 0 Å². The highest BCUT2D eigenvalue weighted by molar-refractivity contribution is 6.30. The van der Waals surface area contributed by atoms with Gasteiger partial charge < -0.3 is 10.6 Å². The summed E-state index contributed by atoms with van der Waals surface area (Å²) in [7, 11) is 0. The number of nitrogens with zero attached hydrogens (tertiary/aromatic N) is 1. The van der Waals surface area contributed by atoms with Crippen molar-refractivity contribution in [2.24, 2.45) is 0 Å². The summed E-state index contributed by atoms with van der Waals surface area (Å²) in [4.78, 5) is 12.0. The van der Waals surface area contributed by atoms with Gasteiger partial charge in [0.2, 0.25) is 0 Å². The average Bonchev–Trinajstić information content (AvgIpc) is 2.65. The number of benzene rings is 2. The number of hydrogen-bond donors (Lipinski definition) is 2. The Labute approximate surface area is 153 Å². The first-order valence-corrected chi connectivity index (χ1v) is 8.47.